The summed E-state index contributed by atoms with van der Waals surface area (Å²) in [6, 6.07) is 2.09. The zero-order chi connectivity index (χ0) is 15.3. The van der Waals surface area contributed by atoms with Crippen LogP contribution in [0.5, 0.6) is 0 Å². The Labute approximate surface area is 130 Å². The molecule has 0 aliphatic rings. The Hall–Kier alpha value is -0.0800. The van der Waals surface area contributed by atoms with E-state index in [1.165, 1.54) is 11.3 Å². The van der Waals surface area contributed by atoms with Crippen molar-refractivity contribution in [2.24, 2.45) is 0 Å². The first kappa shape index (κ1) is 18.0. The highest BCUT2D eigenvalue weighted by Gasteiger charge is 2.20. The highest BCUT2D eigenvalue weighted by molar-refractivity contribution is 7.98. The number of aryl methyl sites for hydroxylation is 1. The minimum absolute atomic E-state index is 0.0605. The van der Waals surface area contributed by atoms with Gasteiger partial charge in [-0.15, -0.1) is 11.3 Å². The Morgan fingerprint density at radius 1 is 1.35 bits per heavy atom. The molecule has 1 aromatic rings. The maximum atomic E-state index is 12.3. The molecule has 0 bridgehead atoms. The van der Waals surface area contributed by atoms with Crippen LogP contribution in [-0.2, 0) is 16.6 Å². The molecule has 20 heavy (non-hydrogen) atoms. The molecule has 116 valence electrons. The van der Waals surface area contributed by atoms with Gasteiger partial charge in [0.25, 0.3) is 0 Å². The van der Waals surface area contributed by atoms with Crippen LogP contribution in [0.2, 0.25) is 0 Å². The monoisotopic (exact) mass is 336 g/mol. The average molecular weight is 337 g/mol. The van der Waals surface area contributed by atoms with Gasteiger partial charge in [-0.3, -0.25) is 0 Å². The van der Waals surface area contributed by atoms with Crippen LogP contribution in [-0.4, -0.2) is 32.5 Å². The molecule has 1 atom stereocenters. The minimum atomic E-state index is -3.39. The van der Waals surface area contributed by atoms with Crippen LogP contribution in [0.1, 0.15) is 31.2 Å². The first-order valence-corrected chi connectivity index (χ1v) is 10.3. The summed E-state index contributed by atoms with van der Waals surface area (Å²) in [5.74, 6) is 0.769. The van der Waals surface area contributed by atoms with E-state index in [-0.39, 0.29) is 6.04 Å². The molecule has 4 nitrogen and oxygen atoms in total. The summed E-state index contributed by atoms with van der Waals surface area (Å²) in [6.07, 6.45) is 1.97. The van der Waals surface area contributed by atoms with Crippen LogP contribution in [0.3, 0.4) is 0 Å². The van der Waals surface area contributed by atoms with Gasteiger partial charge in [0.05, 0.1) is 0 Å². The van der Waals surface area contributed by atoms with Crippen molar-refractivity contribution in [1.29, 1.82) is 0 Å². The first-order chi connectivity index (χ1) is 9.26. The Kier molecular flexibility index (Phi) is 7.00. The summed E-state index contributed by atoms with van der Waals surface area (Å²) < 4.78 is 27.7. The quantitative estimate of drug-likeness (QED) is 0.766. The third-order valence-electron chi connectivity index (χ3n) is 2.71. The molecule has 1 heterocycles. The molecule has 0 radical (unpaired) electrons. The normalized spacial score (nSPS) is 13.9. The van der Waals surface area contributed by atoms with Crippen LogP contribution in [0.15, 0.2) is 10.3 Å². The van der Waals surface area contributed by atoms with E-state index in [0.717, 1.165) is 16.2 Å². The summed E-state index contributed by atoms with van der Waals surface area (Å²) in [7, 11) is -3.39. The van der Waals surface area contributed by atoms with Crippen molar-refractivity contribution in [2.45, 2.75) is 50.5 Å². The number of hydrogen-bond donors (Lipinski definition) is 2. The maximum Gasteiger partial charge on any atom is 0.250 e. The third-order valence-corrected chi connectivity index (χ3v) is 6.84. The summed E-state index contributed by atoms with van der Waals surface area (Å²) >= 11 is 2.98. The standard InChI is InChI=1S/C13H24N2O2S3/c1-9(2)14-7-12-10(3)6-13(19-12)20(16,17)15-11(4)8-18-5/h6,9,11,14-15H,7-8H2,1-5H3. The molecule has 7 heteroatoms. The summed E-state index contributed by atoms with van der Waals surface area (Å²) in [4.78, 5) is 1.08. The molecule has 1 rings (SSSR count). The fraction of sp³-hybridized carbons (Fsp3) is 0.692. The molecule has 0 saturated carbocycles. The lowest BCUT2D eigenvalue weighted by Gasteiger charge is -2.11. The second kappa shape index (κ2) is 7.79. The van der Waals surface area contributed by atoms with E-state index >= 15 is 0 Å². The van der Waals surface area contributed by atoms with Gasteiger partial charge in [0.15, 0.2) is 0 Å². The molecule has 0 amide bonds. The van der Waals surface area contributed by atoms with E-state index in [4.69, 9.17) is 0 Å². The summed E-state index contributed by atoms with van der Waals surface area (Å²) in [6.45, 7) is 8.70. The number of thiophene rings is 1. The fourth-order valence-electron chi connectivity index (χ4n) is 1.70. The predicted molar refractivity (Wildman–Crippen MR) is 89.2 cm³/mol. The van der Waals surface area contributed by atoms with Gasteiger partial charge in [0, 0.05) is 29.3 Å². The van der Waals surface area contributed by atoms with Gasteiger partial charge < -0.3 is 5.32 Å². The van der Waals surface area contributed by atoms with Crippen molar-refractivity contribution in [3.8, 4) is 0 Å². The average Bonchev–Trinajstić information content (AvgIpc) is 2.68. The van der Waals surface area contributed by atoms with Gasteiger partial charge >= 0.3 is 0 Å². The lowest BCUT2D eigenvalue weighted by Crippen LogP contribution is -2.33. The Bertz CT molecular complexity index is 524. The molecule has 0 aliphatic heterocycles. The van der Waals surface area contributed by atoms with Gasteiger partial charge in [0.2, 0.25) is 10.0 Å². The smallest absolute Gasteiger partial charge is 0.250 e. The molecular formula is C13H24N2O2S3. The lowest BCUT2D eigenvalue weighted by atomic mass is 10.3. The molecule has 0 aromatic carbocycles. The molecule has 0 saturated heterocycles. The van der Waals surface area contributed by atoms with Crippen LogP contribution >= 0.6 is 23.1 Å². The van der Waals surface area contributed by atoms with Crippen molar-refractivity contribution in [3.05, 3.63) is 16.5 Å². The van der Waals surface area contributed by atoms with Crippen molar-refractivity contribution in [2.75, 3.05) is 12.0 Å². The predicted octanol–water partition coefficient (Wildman–Crippen LogP) is 2.58. The highest BCUT2D eigenvalue weighted by Crippen LogP contribution is 2.26. The van der Waals surface area contributed by atoms with Gasteiger partial charge in [-0.25, -0.2) is 13.1 Å². The second-order valence-electron chi connectivity index (χ2n) is 5.18. The summed E-state index contributed by atoms with van der Waals surface area (Å²) in [5, 5.41) is 3.32. The van der Waals surface area contributed by atoms with Crippen LogP contribution in [0.4, 0.5) is 0 Å². The Balaban J connectivity index is 2.83. The molecule has 0 spiro atoms. The van der Waals surface area contributed by atoms with Gasteiger partial charge in [-0.2, -0.15) is 11.8 Å². The van der Waals surface area contributed by atoms with E-state index < -0.39 is 10.0 Å². The summed E-state index contributed by atoms with van der Waals surface area (Å²) in [5.41, 5.74) is 1.03. The van der Waals surface area contributed by atoms with Gasteiger partial charge in [-0.05, 0) is 31.7 Å². The van der Waals surface area contributed by atoms with Crippen LogP contribution in [0.25, 0.3) is 0 Å². The van der Waals surface area contributed by atoms with Crippen molar-refractivity contribution in [3.63, 3.8) is 0 Å². The number of nitrogens with one attached hydrogen (secondary N) is 2. The molecule has 1 unspecified atom stereocenters. The van der Waals surface area contributed by atoms with E-state index in [1.54, 1.807) is 17.8 Å². The Morgan fingerprint density at radius 2 is 2.00 bits per heavy atom. The first-order valence-electron chi connectivity index (χ1n) is 6.60. The molecule has 0 aliphatic carbocycles. The SMILES string of the molecule is CSCC(C)NS(=O)(=O)c1cc(C)c(CNC(C)C)s1. The zero-order valence-corrected chi connectivity index (χ0v) is 15.1. The number of rotatable bonds is 8. The minimum Gasteiger partial charge on any atom is -0.310 e. The van der Waals surface area contributed by atoms with E-state index in [0.29, 0.717) is 16.8 Å². The molecule has 0 fully saturated rings. The lowest BCUT2D eigenvalue weighted by molar-refractivity contribution is 0.573. The van der Waals surface area contributed by atoms with Crippen LogP contribution < -0.4 is 10.0 Å². The van der Waals surface area contributed by atoms with E-state index in [1.807, 2.05) is 20.1 Å². The Morgan fingerprint density at radius 3 is 2.55 bits per heavy atom. The second-order valence-corrected chi connectivity index (χ2v) is 9.17. The van der Waals surface area contributed by atoms with E-state index in [2.05, 4.69) is 23.9 Å². The van der Waals surface area contributed by atoms with Crippen LogP contribution in [0, 0.1) is 6.92 Å². The molecule has 1 aromatic heterocycles. The maximum absolute atomic E-state index is 12.3. The topological polar surface area (TPSA) is 58.2 Å². The number of sulfonamides is 1. The number of hydrogen-bond acceptors (Lipinski definition) is 5. The number of thioether (sulfide) groups is 1. The van der Waals surface area contributed by atoms with Gasteiger partial charge in [-0.1, -0.05) is 13.8 Å². The third kappa shape index (κ3) is 5.37. The van der Waals surface area contributed by atoms with Crippen molar-refractivity contribution >= 4 is 33.1 Å². The van der Waals surface area contributed by atoms with Gasteiger partial charge in [0.1, 0.15) is 4.21 Å². The van der Waals surface area contributed by atoms with E-state index in [9.17, 15) is 8.42 Å². The van der Waals surface area contributed by atoms with Crippen molar-refractivity contribution in [1.82, 2.24) is 10.0 Å². The van der Waals surface area contributed by atoms with Crippen molar-refractivity contribution < 1.29 is 8.42 Å². The molecular weight excluding hydrogens is 312 g/mol. The highest BCUT2D eigenvalue weighted by atomic mass is 32.2. The molecule has 2 N–H and O–H groups in total. The zero-order valence-electron chi connectivity index (χ0n) is 12.7. The largest absolute Gasteiger partial charge is 0.310 e. The fourth-order valence-corrected chi connectivity index (χ4v) is 5.19.